The van der Waals surface area contributed by atoms with Gasteiger partial charge in [0.1, 0.15) is 6.26 Å². The van der Waals surface area contributed by atoms with E-state index in [2.05, 4.69) is 24.0 Å². The minimum Gasteiger partial charge on any atom is -0.445 e. The van der Waals surface area contributed by atoms with Gasteiger partial charge in [0.15, 0.2) is 0 Å². The van der Waals surface area contributed by atoms with Crippen LogP contribution < -0.4 is 0 Å². The SMILES string of the molecule is Cc1ccccc1/C=C/c1nc(CCl)co1. The van der Waals surface area contributed by atoms with Crippen LogP contribution in [-0.4, -0.2) is 4.98 Å². The summed E-state index contributed by atoms with van der Waals surface area (Å²) in [5, 5.41) is 0. The molecule has 0 fully saturated rings. The lowest BCUT2D eigenvalue weighted by Gasteiger charge is -1.96. The molecule has 0 aliphatic carbocycles. The van der Waals surface area contributed by atoms with E-state index < -0.39 is 0 Å². The van der Waals surface area contributed by atoms with Crippen LogP contribution in [0.3, 0.4) is 0 Å². The zero-order chi connectivity index (χ0) is 11.4. The Balaban J connectivity index is 2.18. The number of aryl methyl sites for hydroxylation is 1. The summed E-state index contributed by atoms with van der Waals surface area (Å²) in [6, 6.07) is 8.15. The van der Waals surface area contributed by atoms with Crippen molar-refractivity contribution in [3.05, 3.63) is 53.2 Å². The van der Waals surface area contributed by atoms with Crippen molar-refractivity contribution in [1.29, 1.82) is 0 Å². The summed E-state index contributed by atoms with van der Waals surface area (Å²) >= 11 is 5.64. The van der Waals surface area contributed by atoms with Crippen LogP contribution in [0.1, 0.15) is 22.7 Å². The van der Waals surface area contributed by atoms with E-state index in [1.807, 2.05) is 24.3 Å². The monoisotopic (exact) mass is 233 g/mol. The van der Waals surface area contributed by atoms with E-state index in [4.69, 9.17) is 16.0 Å². The lowest BCUT2D eigenvalue weighted by atomic mass is 10.1. The van der Waals surface area contributed by atoms with Gasteiger partial charge in [0.2, 0.25) is 5.89 Å². The average molecular weight is 234 g/mol. The Morgan fingerprint density at radius 3 is 2.81 bits per heavy atom. The standard InChI is InChI=1S/C13H12ClNO/c1-10-4-2-3-5-11(10)6-7-13-15-12(8-14)9-16-13/h2-7,9H,8H2,1H3/b7-6+. The third kappa shape index (κ3) is 2.52. The fourth-order valence-corrected chi connectivity index (χ4v) is 1.52. The van der Waals surface area contributed by atoms with Gasteiger partial charge in [-0.05, 0) is 24.1 Å². The number of oxazole rings is 1. The molecule has 0 N–H and O–H groups in total. The van der Waals surface area contributed by atoms with E-state index in [1.165, 1.54) is 5.56 Å². The Morgan fingerprint density at radius 1 is 1.31 bits per heavy atom. The van der Waals surface area contributed by atoms with Crippen LogP contribution in [0.25, 0.3) is 12.2 Å². The fraction of sp³-hybridized carbons (Fsp3) is 0.154. The van der Waals surface area contributed by atoms with E-state index in [0.29, 0.717) is 11.8 Å². The van der Waals surface area contributed by atoms with Crippen molar-refractivity contribution in [2.24, 2.45) is 0 Å². The van der Waals surface area contributed by atoms with Gasteiger partial charge in [-0.25, -0.2) is 4.98 Å². The van der Waals surface area contributed by atoms with Crippen molar-refractivity contribution in [2.75, 3.05) is 0 Å². The minimum atomic E-state index is 0.377. The van der Waals surface area contributed by atoms with Gasteiger partial charge in [-0.1, -0.05) is 24.3 Å². The van der Waals surface area contributed by atoms with Gasteiger partial charge in [-0.3, -0.25) is 0 Å². The largest absolute Gasteiger partial charge is 0.445 e. The molecule has 0 bridgehead atoms. The molecule has 0 atom stereocenters. The van der Waals surface area contributed by atoms with Gasteiger partial charge in [0.25, 0.3) is 0 Å². The Morgan fingerprint density at radius 2 is 2.12 bits per heavy atom. The third-order valence-corrected chi connectivity index (χ3v) is 2.57. The molecule has 0 radical (unpaired) electrons. The Kier molecular flexibility index (Phi) is 3.42. The lowest BCUT2D eigenvalue weighted by Crippen LogP contribution is -1.79. The number of nitrogens with zero attached hydrogens (tertiary/aromatic N) is 1. The van der Waals surface area contributed by atoms with Crippen LogP contribution in [0.4, 0.5) is 0 Å². The molecule has 0 saturated carbocycles. The van der Waals surface area contributed by atoms with Crippen LogP contribution in [0.5, 0.6) is 0 Å². The van der Waals surface area contributed by atoms with E-state index in [9.17, 15) is 0 Å². The summed E-state index contributed by atoms with van der Waals surface area (Å²) < 4.78 is 5.23. The van der Waals surface area contributed by atoms with E-state index in [1.54, 1.807) is 6.26 Å². The Labute approximate surface area is 99.6 Å². The maximum absolute atomic E-state index is 5.64. The maximum Gasteiger partial charge on any atom is 0.218 e. The molecule has 2 nitrogen and oxygen atoms in total. The molecule has 1 heterocycles. The summed E-state index contributed by atoms with van der Waals surface area (Å²) in [7, 11) is 0. The van der Waals surface area contributed by atoms with Crippen molar-refractivity contribution in [3.8, 4) is 0 Å². The van der Waals surface area contributed by atoms with Gasteiger partial charge in [0, 0.05) is 6.08 Å². The predicted octanol–water partition coefficient (Wildman–Crippen LogP) is 3.89. The van der Waals surface area contributed by atoms with Crippen LogP contribution in [0.15, 0.2) is 34.9 Å². The quantitative estimate of drug-likeness (QED) is 0.752. The first-order chi connectivity index (χ1) is 7.79. The number of rotatable bonds is 3. The lowest BCUT2D eigenvalue weighted by molar-refractivity contribution is 0.546. The highest BCUT2D eigenvalue weighted by molar-refractivity contribution is 6.16. The fourth-order valence-electron chi connectivity index (χ4n) is 1.40. The van der Waals surface area contributed by atoms with Crippen LogP contribution in [-0.2, 0) is 5.88 Å². The molecule has 0 spiro atoms. The molecule has 3 heteroatoms. The topological polar surface area (TPSA) is 26.0 Å². The second kappa shape index (κ2) is 4.99. The molecule has 82 valence electrons. The normalized spacial score (nSPS) is 11.1. The van der Waals surface area contributed by atoms with Crippen molar-refractivity contribution in [3.63, 3.8) is 0 Å². The Hall–Kier alpha value is -1.54. The zero-order valence-corrected chi connectivity index (χ0v) is 9.74. The highest BCUT2D eigenvalue weighted by atomic mass is 35.5. The molecule has 1 aromatic heterocycles. The number of alkyl halides is 1. The molecular formula is C13H12ClNO. The third-order valence-electron chi connectivity index (χ3n) is 2.30. The smallest absolute Gasteiger partial charge is 0.218 e. The van der Waals surface area contributed by atoms with Crippen molar-refractivity contribution < 1.29 is 4.42 Å². The van der Waals surface area contributed by atoms with Crippen molar-refractivity contribution in [1.82, 2.24) is 4.98 Å². The Bertz CT molecular complexity index is 502. The first-order valence-corrected chi connectivity index (χ1v) is 5.57. The van der Waals surface area contributed by atoms with E-state index >= 15 is 0 Å². The van der Waals surface area contributed by atoms with Gasteiger partial charge < -0.3 is 4.42 Å². The second-order valence-corrected chi connectivity index (χ2v) is 3.77. The van der Waals surface area contributed by atoms with E-state index in [0.717, 1.165) is 11.3 Å². The first kappa shape index (κ1) is 11.0. The van der Waals surface area contributed by atoms with Gasteiger partial charge in [0.05, 0.1) is 11.6 Å². The molecule has 0 aliphatic heterocycles. The van der Waals surface area contributed by atoms with E-state index in [-0.39, 0.29) is 0 Å². The summed E-state index contributed by atoms with van der Waals surface area (Å²) in [4.78, 5) is 4.19. The number of hydrogen-bond acceptors (Lipinski definition) is 2. The number of benzene rings is 1. The first-order valence-electron chi connectivity index (χ1n) is 5.03. The van der Waals surface area contributed by atoms with Gasteiger partial charge in [-0.15, -0.1) is 11.6 Å². The van der Waals surface area contributed by atoms with Gasteiger partial charge in [-0.2, -0.15) is 0 Å². The number of aromatic nitrogens is 1. The predicted molar refractivity (Wildman–Crippen MR) is 66.2 cm³/mol. The summed E-state index contributed by atoms with van der Waals surface area (Å²) in [5.41, 5.74) is 3.14. The summed E-state index contributed by atoms with van der Waals surface area (Å²) in [6.07, 6.45) is 5.40. The summed E-state index contributed by atoms with van der Waals surface area (Å²) in [6.45, 7) is 2.07. The molecule has 2 aromatic rings. The van der Waals surface area contributed by atoms with Crippen LogP contribution in [0.2, 0.25) is 0 Å². The van der Waals surface area contributed by atoms with Crippen molar-refractivity contribution in [2.45, 2.75) is 12.8 Å². The number of halogens is 1. The van der Waals surface area contributed by atoms with Gasteiger partial charge >= 0.3 is 0 Å². The van der Waals surface area contributed by atoms with Crippen LogP contribution in [0, 0.1) is 6.92 Å². The molecule has 16 heavy (non-hydrogen) atoms. The molecule has 2 rings (SSSR count). The molecule has 0 saturated heterocycles. The average Bonchev–Trinajstić information content (AvgIpc) is 2.76. The molecule has 0 unspecified atom stereocenters. The zero-order valence-electron chi connectivity index (χ0n) is 8.98. The number of hydrogen-bond donors (Lipinski definition) is 0. The molecular weight excluding hydrogens is 222 g/mol. The molecule has 1 aromatic carbocycles. The molecule has 0 amide bonds. The maximum atomic E-state index is 5.64. The highest BCUT2D eigenvalue weighted by Crippen LogP contribution is 2.12. The van der Waals surface area contributed by atoms with Crippen molar-refractivity contribution >= 4 is 23.8 Å². The highest BCUT2D eigenvalue weighted by Gasteiger charge is 1.98. The van der Waals surface area contributed by atoms with Crippen LogP contribution >= 0.6 is 11.6 Å². The molecule has 0 aliphatic rings. The second-order valence-electron chi connectivity index (χ2n) is 3.50. The minimum absolute atomic E-state index is 0.377. The summed E-state index contributed by atoms with van der Waals surface area (Å²) in [5.74, 6) is 0.959.